The maximum Gasteiger partial charge on any atom is 0.188 e. The topological polar surface area (TPSA) is 20.3 Å². The monoisotopic (exact) mass is 253 g/mol. The standard InChI is InChI=1S/C11H12BrNO/c1-13(2)8-7-11(14)9-5-3-4-6-10(9)12/h3-8H,1-2H3/b8-7+. The molecule has 74 valence electrons. The quantitative estimate of drug-likeness (QED) is 0.610. The Morgan fingerprint density at radius 1 is 1.36 bits per heavy atom. The molecule has 0 atom stereocenters. The number of carbonyl (C=O) groups is 1. The summed E-state index contributed by atoms with van der Waals surface area (Å²) in [6.45, 7) is 0. The molecule has 0 N–H and O–H groups in total. The number of benzene rings is 1. The molecule has 0 saturated heterocycles. The molecule has 1 aromatic carbocycles. The van der Waals surface area contributed by atoms with E-state index in [9.17, 15) is 4.79 Å². The summed E-state index contributed by atoms with van der Waals surface area (Å²) in [5.41, 5.74) is 0.686. The van der Waals surface area contributed by atoms with Crippen LogP contribution in [0.2, 0.25) is 0 Å². The Morgan fingerprint density at radius 2 is 2.00 bits per heavy atom. The van der Waals surface area contributed by atoms with Gasteiger partial charge in [0.15, 0.2) is 5.78 Å². The number of nitrogens with zero attached hydrogens (tertiary/aromatic N) is 1. The molecule has 0 aromatic heterocycles. The van der Waals surface area contributed by atoms with Crippen LogP contribution in [0.1, 0.15) is 10.4 Å². The lowest BCUT2D eigenvalue weighted by Crippen LogP contribution is -2.03. The molecule has 0 aliphatic rings. The van der Waals surface area contributed by atoms with E-state index in [0.717, 1.165) is 4.47 Å². The molecule has 0 saturated carbocycles. The largest absolute Gasteiger partial charge is 0.383 e. The maximum absolute atomic E-state index is 11.6. The molecule has 0 fully saturated rings. The van der Waals surface area contributed by atoms with Crippen molar-refractivity contribution < 1.29 is 4.79 Å². The molecule has 3 heteroatoms. The molecule has 14 heavy (non-hydrogen) atoms. The van der Waals surface area contributed by atoms with Crippen molar-refractivity contribution in [2.45, 2.75) is 0 Å². The lowest BCUT2D eigenvalue weighted by atomic mass is 10.1. The number of rotatable bonds is 3. The van der Waals surface area contributed by atoms with Crippen LogP contribution < -0.4 is 0 Å². The molecule has 0 unspecified atom stereocenters. The first-order chi connectivity index (χ1) is 6.61. The van der Waals surface area contributed by atoms with E-state index in [4.69, 9.17) is 0 Å². The zero-order chi connectivity index (χ0) is 10.6. The van der Waals surface area contributed by atoms with E-state index in [1.165, 1.54) is 0 Å². The predicted molar refractivity (Wildman–Crippen MR) is 61.3 cm³/mol. The first-order valence-electron chi connectivity index (χ1n) is 4.25. The third-order valence-corrected chi connectivity index (χ3v) is 2.35. The highest BCUT2D eigenvalue weighted by Crippen LogP contribution is 2.16. The van der Waals surface area contributed by atoms with Crippen molar-refractivity contribution in [3.05, 3.63) is 46.6 Å². The molecule has 0 radical (unpaired) electrons. The minimum atomic E-state index is 0.00572. The van der Waals surface area contributed by atoms with Crippen molar-refractivity contribution in [3.8, 4) is 0 Å². The van der Waals surface area contributed by atoms with E-state index in [0.29, 0.717) is 5.56 Å². The maximum atomic E-state index is 11.6. The van der Waals surface area contributed by atoms with Gasteiger partial charge in [-0.25, -0.2) is 0 Å². The molecule has 0 spiro atoms. The number of hydrogen-bond donors (Lipinski definition) is 0. The van der Waals surface area contributed by atoms with Gasteiger partial charge >= 0.3 is 0 Å². The molecule has 0 bridgehead atoms. The van der Waals surface area contributed by atoms with Crippen LogP contribution in [0.5, 0.6) is 0 Å². The minimum absolute atomic E-state index is 0.00572. The second-order valence-electron chi connectivity index (χ2n) is 3.12. The SMILES string of the molecule is CN(C)/C=C/C(=O)c1ccccc1Br. The summed E-state index contributed by atoms with van der Waals surface area (Å²) in [6, 6.07) is 7.39. The van der Waals surface area contributed by atoms with Gasteiger partial charge in [0.25, 0.3) is 0 Å². The lowest BCUT2D eigenvalue weighted by molar-refractivity contribution is 0.104. The summed E-state index contributed by atoms with van der Waals surface area (Å²) in [4.78, 5) is 13.5. The predicted octanol–water partition coefficient (Wildman–Crippen LogP) is 2.71. The van der Waals surface area contributed by atoms with Gasteiger partial charge in [-0.1, -0.05) is 28.1 Å². The first-order valence-corrected chi connectivity index (χ1v) is 5.04. The van der Waals surface area contributed by atoms with Crippen molar-refractivity contribution in [3.63, 3.8) is 0 Å². The minimum Gasteiger partial charge on any atom is -0.383 e. The van der Waals surface area contributed by atoms with E-state index >= 15 is 0 Å². The van der Waals surface area contributed by atoms with Crippen LogP contribution in [0.3, 0.4) is 0 Å². The second-order valence-corrected chi connectivity index (χ2v) is 3.98. The Balaban J connectivity index is 2.85. The van der Waals surface area contributed by atoms with Crippen LogP contribution in [-0.4, -0.2) is 24.8 Å². The molecule has 1 aromatic rings. The second kappa shape index (κ2) is 4.96. The van der Waals surface area contributed by atoms with Gasteiger partial charge in [0, 0.05) is 36.4 Å². The fourth-order valence-electron chi connectivity index (χ4n) is 0.968. The van der Waals surface area contributed by atoms with Gasteiger partial charge in [0.2, 0.25) is 0 Å². The van der Waals surface area contributed by atoms with Crippen LogP contribution in [0.15, 0.2) is 41.0 Å². The van der Waals surface area contributed by atoms with Gasteiger partial charge in [-0.05, 0) is 12.1 Å². The summed E-state index contributed by atoms with van der Waals surface area (Å²) in [6.07, 6.45) is 3.29. The average Bonchev–Trinajstić information content (AvgIpc) is 2.15. The van der Waals surface area contributed by atoms with Crippen molar-refractivity contribution in [1.29, 1.82) is 0 Å². The molecule has 0 aliphatic heterocycles. The van der Waals surface area contributed by atoms with Crippen molar-refractivity contribution in [1.82, 2.24) is 4.90 Å². The number of ketones is 1. The number of allylic oxidation sites excluding steroid dienone is 1. The van der Waals surface area contributed by atoms with Gasteiger partial charge < -0.3 is 4.90 Å². The van der Waals surface area contributed by atoms with E-state index in [2.05, 4.69) is 15.9 Å². The summed E-state index contributed by atoms with van der Waals surface area (Å²) in [5, 5.41) is 0. The third kappa shape index (κ3) is 3.00. The average molecular weight is 254 g/mol. The molecule has 1 rings (SSSR count). The molecule has 0 aliphatic carbocycles. The highest BCUT2D eigenvalue weighted by molar-refractivity contribution is 9.10. The lowest BCUT2D eigenvalue weighted by Gasteiger charge is -2.03. The number of halogens is 1. The van der Waals surface area contributed by atoms with Crippen molar-refractivity contribution in [2.24, 2.45) is 0 Å². The van der Waals surface area contributed by atoms with Gasteiger partial charge in [-0.15, -0.1) is 0 Å². The zero-order valence-electron chi connectivity index (χ0n) is 8.20. The molecular weight excluding hydrogens is 242 g/mol. The van der Waals surface area contributed by atoms with Crippen molar-refractivity contribution >= 4 is 21.7 Å². The highest BCUT2D eigenvalue weighted by atomic mass is 79.9. The first kappa shape index (κ1) is 11.0. The van der Waals surface area contributed by atoms with Gasteiger partial charge in [-0.2, -0.15) is 0 Å². The van der Waals surface area contributed by atoms with Gasteiger partial charge in [-0.3, -0.25) is 4.79 Å². The van der Waals surface area contributed by atoms with E-state index in [1.807, 2.05) is 37.2 Å². The van der Waals surface area contributed by atoms with Crippen molar-refractivity contribution in [2.75, 3.05) is 14.1 Å². The molecule has 2 nitrogen and oxygen atoms in total. The highest BCUT2D eigenvalue weighted by Gasteiger charge is 2.04. The fraction of sp³-hybridized carbons (Fsp3) is 0.182. The van der Waals surface area contributed by atoms with Crippen LogP contribution in [0.25, 0.3) is 0 Å². The van der Waals surface area contributed by atoms with Crippen LogP contribution in [-0.2, 0) is 0 Å². The molecule has 0 amide bonds. The number of hydrogen-bond acceptors (Lipinski definition) is 2. The van der Waals surface area contributed by atoms with Crippen LogP contribution in [0, 0.1) is 0 Å². The van der Waals surface area contributed by atoms with E-state index in [-0.39, 0.29) is 5.78 Å². The Bertz CT molecular complexity index is 358. The fourth-order valence-corrected chi connectivity index (χ4v) is 1.45. The normalized spacial score (nSPS) is 10.5. The van der Waals surface area contributed by atoms with Gasteiger partial charge in [0.05, 0.1) is 0 Å². The Morgan fingerprint density at radius 3 is 2.57 bits per heavy atom. The van der Waals surface area contributed by atoms with E-state index < -0.39 is 0 Å². The summed E-state index contributed by atoms with van der Waals surface area (Å²) >= 11 is 3.34. The zero-order valence-corrected chi connectivity index (χ0v) is 9.78. The van der Waals surface area contributed by atoms with Gasteiger partial charge in [0.1, 0.15) is 0 Å². The van der Waals surface area contributed by atoms with Crippen LogP contribution >= 0.6 is 15.9 Å². The Hall–Kier alpha value is -1.09. The smallest absolute Gasteiger partial charge is 0.188 e. The summed E-state index contributed by atoms with van der Waals surface area (Å²) in [7, 11) is 3.76. The molecule has 0 heterocycles. The third-order valence-electron chi connectivity index (χ3n) is 1.66. The summed E-state index contributed by atoms with van der Waals surface area (Å²) in [5.74, 6) is 0.00572. The molecular formula is C11H12BrNO. The Labute approximate surface area is 92.4 Å². The van der Waals surface area contributed by atoms with Crippen LogP contribution in [0.4, 0.5) is 0 Å². The number of carbonyl (C=O) groups excluding carboxylic acids is 1. The Kier molecular flexibility index (Phi) is 3.89. The summed E-state index contributed by atoms with van der Waals surface area (Å²) < 4.78 is 0.827. The van der Waals surface area contributed by atoms with E-state index in [1.54, 1.807) is 18.3 Å².